The second-order valence-electron chi connectivity index (χ2n) is 4.49. The minimum absolute atomic E-state index is 0.0831. The van der Waals surface area contributed by atoms with Crippen LogP contribution in [0.5, 0.6) is 5.75 Å². The van der Waals surface area contributed by atoms with Crippen molar-refractivity contribution in [1.29, 1.82) is 0 Å². The molecule has 0 aliphatic rings. The number of hydrogen-bond acceptors (Lipinski definition) is 5. The van der Waals surface area contributed by atoms with Crippen molar-refractivity contribution < 1.29 is 13.2 Å². The van der Waals surface area contributed by atoms with Gasteiger partial charge in [-0.2, -0.15) is 0 Å². The maximum absolute atomic E-state index is 12.7. The number of methoxy groups -OCH3 is 1. The fourth-order valence-electron chi connectivity index (χ4n) is 2.00. The van der Waals surface area contributed by atoms with E-state index in [1.165, 1.54) is 19.2 Å². The zero-order valence-electron chi connectivity index (χ0n) is 11.5. The van der Waals surface area contributed by atoms with Crippen LogP contribution in [0.1, 0.15) is 0 Å². The fraction of sp³-hybridized carbons (Fsp3) is 0.0667. The molecule has 3 aromatic rings. The monoisotopic (exact) mass is 334 g/mol. The zero-order chi connectivity index (χ0) is 15.7. The molecule has 1 aromatic heterocycles. The van der Waals surface area contributed by atoms with Crippen LogP contribution in [0.4, 0.5) is 0 Å². The van der Waals surface area contributed by atoms with Crippen molar-refractivity contribution in [1.82, 2.24) is 9.97 Å². The molecule has 2 aromatic carbocycles. The van der Waals surface area contributed by atoms with Crippen LogP contribution in [0.15, 0.2) is 58.5 Å². The van der Waals surface area contributed by atoms with Crippen molar-refractivity contribution in [2.75, 3.05) is 7.11 Å². The first-order chi connectivity index (χ1) is 10.5. The lowest BCUT2D eigenvalue weighted by Crippen LogP contribution is -2.07. The Balaban J connectivity index is 2.17. The van der Waals surface area contributed by atoms with Gasteiger partial charge in [-0.3, -0.25) is 0 Å². The SMILES string of the molecule is COc1ccc(S(=O)(=O)c2nc3ccccc3nc2Cl)cc1. The molecule has 0 unspecified atom stereocenters. The molecule has 0 saturated carbocycles. The third-order valence-electron chi connectivity index (χ3n) is 3.12. The van der Waals surface area contributed by atoms with Crippen LogP contribution in [-0.2, 0) is 9.84 Å². The largest absolute Gasteiger partial charge is 0.497 e. The molecule has 5 nitrogen and oxygen atoms in total. The summed E-state index contributed by atoms with van der Waals surface area (Å²) in [6.45, 7) is 0. The molecule has 7 heteroatoms. The summed E-state index contributed by atoms with van der Waals surface area (Å²) in [6.07, 6.45) is 0. The van der Waals surface area contributed by atoms with Gasteiger partial charge in [0.1, 0.15) is 5.75 Å². The highest BCUT2D eigenvalue weighted by atomic mass is 35.5. The molecule has 0 aliphatic heterocycles. The van der Waals surface area contributed by atoms with Gasteiger partial charge in [-0.05, 0) is 36.4 Å². The first kappa shape index (κ1) is 14.7. The van der Waals surface area contributed by atoms with Gasteiger partial charge in [0.2, 0.25) is 9.84 Å². The number of benzene rings is 2. The van der Waals surface area contributed by atoms with Crippen LogP contribution in [0, 0.1) is 0 Å². The van der Waals surface area contributed by atoms with E-state index in [0.29, 0.717) is 16.8 Å². The van der Waals surface area contributed by atoms with Crippen molar-refractivity contribution in [2.45, 2.75) is 9.92 Å². The number of sulfone groups is 1. The van der Waals surface area contributed by atoms with E-state index in [1.54, 1.807) is 36.4 Å². The second-order valence-corrected chi connectivity index (χ2v) is 6.71. The van der Waals surface area contributed by atoms with E-state index < -0.39 is 9.84 Å². The summed E-state index contributed by atoms with van der Waals surface area (Å²) in [5.74, 6) is 0.564. The Morgan fingerprint density at radius 2 is 1.55 bits per heavy atom. The molecule has 0 saturated heterocycles. The van der Waals surface area contributed by atoms with Gasteiger partial charge in [-0.15, -0.1) is 0 Å². The van der Waals surface area contributed by atoms with Crippen LogP contribution in [0.2, 0.25) is 5.15 Å². The van der Waals surface area contributed by atoms with E-state index in [4.69, 9.17) is 16.3 Å². The van der Waals surface area contributed by atoms with E-state index in [9.17, 15) is 8.42 Å². The van der Waals surface area contributed by atoms with E-state index >= 15 is 0 Å². The van der Waals surface area contributed by atoms with Crippen LogP contribution in [-0.4, -0.2) is 25.5 Å². The molecule has 3 rings (SSSR count). The van der Waals surface area contributed by atoms with Crippen molar-refractivity contribution in [2.24, 2.45) is 0 Å². The normalized spacial score (nSPS) is 11.5. The Kier molecular flexibility index (Phi) is 3.72. The summed E-state index contributed by atoms with van der Waals surface area (Å²) < 4.78 is 30.4. The highest BCUT2D eigenvalue weighted by molar-refractivity contribution is 7.91. The van der Waals surface area contributed by atoms with Crippen LogP contribution in [0.3, 0.4) is 0 Å². The predicted octanol–water partition coefficient (Wildman–Crippen LogP) is 3.12. The standard InChI is InChI=1S/C15H11ClN2O3S/c1-21-10-6-8-11(9-7-10)22(19,20)15-14(16)17-12-4-2-3-5-13(12)18-15/h2-9H,1H3. The molecule has 0 fully saturated rings. The van der Waals surface area contributed by atoms with Gasteiger partial charge in [0.15, 0.2) is 10.2 Å². The summed E-state index contributed by atoms with van der Waals surface area (Å²) >= 11 is 6.02. The smallest absolute Gasteiger partial charge is 0.226 e. The molecule has 0 spiro atoms. The average Bonchev–Trinajstić information content (AvgIpc) is 2.54. The quantitative estimate of drug-likeness (QED) is 0.736. The Hall–Kier alpha value is -2.18. The minimum atomic E-state index is -3.85. The second kappa shape index (κ2) is 5.55. The number of ether oxygens (including phenoxy) is 1. The lowest BCUT2D eigenvalue weighted by atomic mass is 10.3. The number of hydrogen-bond donors (Lipinski definition) is 0. The highest BCUT2D eigenvalue weighted by Gasteiger charge is 2.24. The topological polar surface area (TPSA) is 69.2 Å². The van der Waals surface area contributed by atoms with Crippen molar-refractivity contribution in [3.05, 3.63) is 53.7 Å². The number of halogens is 1. The van der Waals surface area contributed by atoms with Gasteiger partial charge in [-0.1, -0.05) is 23.7 Å². The number of para-hydroxylation sites is 2. The molecule has 1 heterocycles. The number of rotatable bonds is 3. The number of fused-ring (bicyclic) bond motifs is 1. The average molecular weight is 335 g/mol. The first-order valence-corrected chi connectivity index (χ1v) is 8.20. The Morgan fingerprint density at radius 3 is 2.14 bits per heavy atom. The Labute approximate surface area is 132 Å². The van der Waals surface area contributed by atoms with Crippen molar-refractivity contribution in [3.8, 4) is 5.75 Å². The van der Waals surface area contributed by atoms with Gasteiger partial charge >= 0.3 is 0 Å². The van der Waals surface area contributed by atoms with Crippen molar-refractivity contribution >= 4 is 32.5 Å². The maximum atomic E-state index is 12.7. The number of nitrogens with zero attached hydrogens (tertiary/aromatic N) is 2. The summed E-state index contributed by atoms with van der Waals surface area (Å²) in [5.41, 5.74) is 1.01. The fourth-order valence-corrected chi connectivity index (χ4v) is 3.64. The third-order valence-corrected chi connectivity index (χ3v) is 5.19. The molecule has 0 bridgehead atoms. The lowest BCUT2D eigenvalue weighted by molar-refractivity contribution is 0.414. The van der Waals surface area contributed by atoms with E-state index in [1.807, 2.05) is 0 Å². The minimum Gasteiger partial charge on any atom is -0.497 e. The first-order valence-electron chi connectivity index (χ1n) is 6.34. The molecule has 0 amide bonds. The molecule has 0 radical (unpaired) electrons. The molecule has 0 N–H and O–H groups in total. The molecular weight excluding hydrogens is 324 g/mol. The predicted molar refractivity (Wildman–Crippen MR) is 83.0 cm³/mol. The molecule has 22 heavy (non-hydrogen) atoms. The highest BCUT2D eigenvalue weighted by Crippen LogP contribution is 2.27. The third kappa shape index (κ3) is 2.51. The van der Waals surface area contributed by atoms with Crippen LogP contribution in [0.25, 0.3) is 11.0 Å². The summed E-state index contributed by atoms with van der Waals surface area (Å²) in [7, 11) is -2.34. The van der Waals surface area contributed by atoms with Gasteiger partial charge in [0.25, 0.3) is 0 Å². The van der Waals surface area contributed by atoms with E-state index in [0.717, 1.165) is 0 Å². The van der Waals surface area contributed by atoms with Crippen LogP contribution < -0.4 is 4.74 Å². The summed E-state index contributed by atoms with van der Waals surface area (Å²) in [5, 5.41) is -0.396. The molecular formula is C15H11ClN2O3S. The Morgan fingerprint density at radius 1 is 0.955 bits per heavy atom. The summed E-state index contributed by atoms with van der Waals surface area (Å²) in [6, 6.07) is 13.0. The van der Waals surface area contributed by atoms with Gasteiger partial charge in [0.05, 0.1) is 23.0 Å². The lowest BCUT2D eigenvalue weighted by Gasteiger charge is -2.07. The maximum Gasteiger partial charge on any atom is 0.226 e. The Bertz CT molecular complexity index is 941. The zero-order valence-corrected chi connectivity index (χ0v) is 13.1. The van der Waals surface area contributed by atoms with E-state index in [2.05, 4.69) is 9.97 Å². The molecule has 112 valence electrons. The van der Waals surface area contributed by atoms with Gasteiger partial charge < -0.3 is 4.74 Å². The van der Waals surface area contributed by atoms with Crippen molar-refractivity contribution in [3.63, 3.8) is 0 Å². The molecule has 0 atom stereocenters. The van der Waals surface area contributed by atoms with Gasteiger partial charge in [0, 0.05) is 0 Å². The number of aromatic nitrogens is 2. The van der Waals surface area contributed by atoms with E-state index in [-0.39, 0.29) is 15.1 Å². The summed E-state index contributed by atoms with van der Waals surface area (Å²) in [4.78, 5) is 8.34. The van der Waals surface area contributed by atoms with Gasteiger partial charge in [-0.25, -0.2) is 18.4 Å². The van der Waals surface area contributed by atoms with Crippen LogP contribution >= 0.6 is 11.6 Å². The molecule has 0 aliphatic carbocycles.